The number of anilines is 1. The number of aliphatic hydroxyl groups is 1. The molecule has 3 aromatic rings. The van der Waals surface area contributed by atoms with Gasteiger partial charge in [-0.3, -0.25) is 9.59 Å². The fraction of sp³-hybridized carbons (Fsp3) is 0.231. The average Bonchev–Trinajstić information content (AvgIpc) is 2.90. The lowest BCUT2D eigenvalue weighted by atomic mass is 10.0. The van der Waals surface area contributed by atoms with E-state index in [1.54, 1.807) is 48.5 Å². The lowest BCUT2D eigenvalue weighted by Crippen LogP contribution is -2.48. The van der Waals surface area contributed by atoms with Crippen molar-refractivity contribution in [2.24, 2.45) is 5.73 Å². The number of hydrogen-bond donors (Lipinski definition) is 5. The van der Waals surface area contributed by atoms with Crippen molar-refractivity contribution in [3.05, 3.63) is 83.2 Å². The summed E-state index contributed by atoms with van der Waals surface area (Å²) >= 11 is 0. The normalized spacial score (nSPS) is 11.3. The molecule has 0 spiro atoms. The van der Waals surface area contributed by atoms with E-state index >= 15 is 0 Å². The van der Waals surface area contributed by atoms with Crippen LogP contribution >= 0.6 is 0 Å². The monoisotopic (exact) mass is 490 g/mol. The van der Waals surface area contributed by atoms with Gasteiger partial charge in [0.25, 0.3) is 5.91 Å². The van der Waals surface area contributed by atoms with Crippen molar-refractivity contribution in [2.75, 3.05) is 31.6 Å². The van der Waals surface area contributed by atoms with Crippen molar-refractivity contribution in [1.82, 2.24) is 15.6 Å². The highest BCUT2D eigenvalue weighted by molar-refractivity contribution is 5.99. The Morgan fingerprint density at radius 3 is 2.67 bits per heavy atom. The molecule has 36 heavy (non-hydrogen) atoms. The minimum Gasteiger partial charge on any atom is -0.387 e. The molecule has 1 heterocycles. The first-order chi connectivity index (χ1) is 17.4. The van der Waals surface area contributed by atoms with Crippen LogP contribution in [0.2, 0.25) is 0 Å². The molecule has 0 radical (unpaired) electrons. The van der Waals surface area contributed by atoms with Crippen LogP contribution in [0.4, 0.5) is 10.2 Å². The van der Waals surface area contributed by atoms with Gasteiger partial charge in [0, 0.05) is 25.2 Å². The van der Waals surface area contributed by atoms with Gasteiger partial charge in [-0.05, 0) is 42.3 Å². The summed E-state index contributed by atoms with van der Waals surface area (Å²) in [6.45, 7) is -0.201. The van der Waals surface area contributed by atoms with Gasteiger partial charge in [-0.2, -0.15) is 5.26 Å². The van der Waals surface area contributed by atoms with Crippen LogP contribution in [-0.4, -0.2) is 54.2 Å². The van der Waals surface area contributed by atoms with Crippen molar-refractivity contribution in [1.29, 1.82) is 5.26 Å². The molecule has 186 valence electrons. The first-order valence-corrected chi connectivity index (χ1v) is 11.3. The first-order valence-electron chi connectivity index (χ1n) is 11.3. The molecule has 9 nitrogen and oxygen atoms in total. The van der Waals surface area contributed by atoms with E-state index in [1.165, 1.54) is 12.1 Å². The molecule has 0 saturated carbocycles. The van der Waals surface area contributed by atoms with E-state index in [4.69, 9.17) is 10.8 Å². The Labute approximate surface area is 208 Å². The van der Waals surface area contributed by atoms with Crippen LogP contribution < -0.4 is 21.7 Å². The molecule has 0 unspecified atom stereocenters. The van der Waals surface area contributed by atoms with E-state index < -0.39 is 24.5 Å². The summed E-state index contributed by atoms with van der Waals surface area (Å²) in [7, 11) is 0. The molecule has 0 aliphatic rings. The Morgan fingerprint density at radius 1 is 1.14 bits per heavy atom. The summed E-state index contributed by atoms with van der Waals surface area (Å²) in [6, 6.07) is 18.1. The van der Waals surface area contributed by atoms with Gasteiger partial charge in [0.2, 0.25) is 5.91 Å². The highest BCUT2D eigenvalue weighted by atomic mass is 19.1. The van der Waals surface area contributed by atoms with E-state index in [-0.39, 0.29) is 30.3 Å². The molecule has 10 heteroatoms. The number of rotatable bonds is 11. The molecule has 0 saturated heterocycles. The first kappa shape index (κ1) is 26.3. The topological polar surface area (TPSA) is 153 Å². The van der Waals surface area contributed by atoms with E-state index in [2.05, 4.69) is 27.0 Å². The maximum atomic E-state index is 13.5. The number of nitrogens with two attached hydrogens (primary N) is 1. The molecule has 1 aromatic heterocycles. The van der Waals surface area contributed by atoms with Gasteiger partial charge in [0.05, 0.1) is 28.9 Å². The number of carbonyl (C=O) groups excluding carboxylic acids is 2. The number of aromatic nitrogens is 1. The van der Waals surface area contributed by atoms with Gasteiger partial charge < -0.3 is 26.8 Å². The number of aliphatic hydroxyl groups excluding tert-OH is 1. The zero-order valence-electron chi connectivity index (χ0n) is 19.5. The number of nitrogens with zero attached hydrogens (tertiary/aromatic N) is 2. The quantitative estimate of drug-likeness (QED) is 0.273. The molecular formula is C26H27FN6O3. The van der Waals surface area contributed by atoms with Crippen LogP contribution in [-0.2, 0) is 11.2 Å². The molecule has 1 atom stereocenters. The highest BCUT2D eigenvalue weighted by Gasteiger charge is 2.18. The highest BCUT2D eigenvalue weighted by Crippen LogP contribution is 2.25. The summed E-state index contributed by atoms with van der Waals surface area (Å²) in [6.07, 6.45) is 0.488. The van der Waals surface area contributed by atoms with Gasteiger partial charge in [-0.1, -0.05) is 30.3 Å². The van der Waals surface area contributed by atoms with Gasteiger partial charge >= 0.3 is 0 Å². The third kappa shape index (κ3) is 7.09. The maximum absolute atomic E-state index is 13.5. The van der Waals surface area contributed by atoms with E-state index in [0.717, 1.165) is 5.56 Å². The Hall–Kier alpha value is -4.33. The van der Waals surface area contributed by atoms with Crippen molar-refractivity contribution in [2.45, 2.75) is 12.5 Å². The number of nitriles is 1. The third-order valence-electron chi connectivity index (χ3n) is 5.36. The van der Waals surface area contributed by atoms with Gasteiger partial charge in [0.15, 0.2) is 0 Å². The molecule has 0 aliphatic carbocycles. The molecule has 3 rings (SSSR count). The Morgan fingerprint density at radius 2 is 1.94 bits per heavy atom. The fourth-order valence-corrected chi connectivity index (χ4v) is 3.53. The summed E-state index contributed by atoms with van der Waals surface area (Å²) in [4.78, 5) is 29.0. The van der Waals surface area contributed by atoms with Crippen LogP contribution in [0.5, 0.6) is 0 Å². The van der Waals surface area contributed by atoms with Crippen LogP contribution in [0.25, 0.3) is 11.3 Å². The Bertz CT molecular complexity index is 1260. The zero-order valence-corrected chi connectivity index (χ0v) is 19.5. The van der Waals surface area contributed by atoms with Gasteiger partial charge in [-0.25, -0.2) is 9.37 Å². The second-order valence-electron chi connectivity index (χ2n) is 7.93. The van der Waals surface area contributed by atoms with Gasteiger partial charge in [0.1, 0.15) is 18.2 Å². The molecule has 2 amide bonds. The molecule has 2 aromatic carbocycles. The number of benzene rings is 2. The third-order valence-corrected chi connectivity index (χ3v) is 5.36. The predicted molar refractivity (Wildman–Crippen MR) is 133 cm³/mol. The summed E-state index contributed by atoms with van der Waals surface area (Å²) < 4.78 is 13.5. The lowest BCUT2D eigenvalue weighted by Gasteiger charge is -2.18. The van der Waals surface area contributed by atoms with Crippen molar-refractivity contribution < 1.29 is 19.1 Å². The van der Waals surface area contributed by atoms with Gasteiger partial charge in [-0.15, -0.1) is 0 Å². The van der Waals surface area contributed by atoms with Crippen LogP contribution in [0.3, 0.4) is 0 Å². The van der Waals surface area contributed by atoms with E-state index in [0.29, 0.717) is 29.8 Å². The van der Waals surface area contributed by atoms with Crippen LogP contribution in [0.1, 0.15) is 21.5 Å². The maximum Gasteiger partial charge on any atom is 0.255 e. The minimum absolute atomic E-state index is 0.0445. The Balaban J connectivity index is 1.83. The number of carbonyl (C=O) groups is 2. The lowest BCUT2D eigenvalue weighted by molar-refractivity contribution is -0.124. The summed E-state index contributed by atoms with van der Waals surface area (Å²) in [5, 5.41) is 26.8. The fourth-order valence-electron chi connectivity index (χ4n) is 3.53. The number of halogens is 1. The molecular weight excluding hydrogens is 463 g/mol. The zero-order chi connectivity index (χ0) is 25.9. The number of hydrogen-bond acceptors (Lipinski definition) is 7. The average molecular weight is 491 g/mol. The van der Waals surface area contributed by atoms with Crippen LogP contribution in [0.15, 0.2) is 60.7 Å². The number of pyridine rings is 1. The predicted octanol–water partition coefficient (Wildman–Crippen LogP) is 1.58. The smallest absolute Gasteiger partial charge is 0.255 e. The largest absolute Gasteiger partial charge is 0.387 e. The number of nitrogens with one attached hydrogen (secondary N) is 3. The van der Waals surface area contributed by atoms with Crippen molar-refractivity contribution in [3.63, 3.8) is 0 Å². The second-order valence-corrected chi connectivity index (χ2v) is 7.93. The van der Waals surface area contributed by atoms with E-state index in [1.807, 2.05) is 0 Å². The summed E-state index contributed by atoms with van der Waals surface area (Å²) in [5.74, 6) is -1.09. The van der Waals surface area contributed by atoms with Crippen molar-refractivity contribution >= 4 is 17.6 Å². The SMILES string of the molecule is N#Cc1ccccc1-c1ccc(C(=O)NC[C@@H](CN)NC(=O)CO)c(NCCc2cccc(F)c2)n1. The van der Waals surface area contributed by atoms with E-state index in [9.17, 15) is 19.2 Å². The molecule has 6 N–H and O–H groups in total. The second kappa shape index (κ2) is 12.9. The summed E-state index contributed by atoms with van der Waals surface area (Å²) in [5.41, 5.74) is 8.25. The Kier molecular flexibility index (Phi) is 9.45. The van der Waals surface area contributed by atoms with Crippen LogP contribution in [0, 0.1) is 17.1 Å². The number of amides is 2. The van der Waals surface area contributed by atoms with Crippen molar-refractivity contribution in [3.8, 4) is 17.3 Å². The molecule has 0 bridgehead atoms. The molecule has 0 aliphatic heterocycles. The minimum atomic E-state index is -0.681. The molecule has 0 fully saturated rings. The standard InChI is InChI=1S/C26H27FN6O3/c27-19-6-3-4-17(12-19)10-11-30-25-22(26(36)31-15-20(14-29)32-24(35)16-34)8-9-23(33-25)21-7-2-1-5-18(21)13-28/h1-9,12,20,34H,10-11,14-16,29H2,(H,30,33)(H,31,36)(H,32,35)/t20-/m1/s1.